The third-order valence-electron chi connectivity index (χ3n) is 4.17. The number of hydrogen-bond acceptors (Lipinski definition) is 5. The lowest BCUT2D eigenvalue weighted by Gasteiger charge is -2.39. The van der Waals surface area contributed by atoms with Crippen molar-refractivity contribution in [3.63, 3.8) is 0 Å². The molecular formula is C15H27N5O4S. The number of nitrogens with one attached hydrogen (secondary N) is 1. The molecule has 1 atom stereocenters. The van der Waals surface area contributed by atoms with E-state index in [-0.39, 0.29) is 11.8 Å². The number of hydrogen-bond donors (Lipinski definition) is 2. The second-order valence-electron chi connectivity index (χ2n) is 7.30. The Morgan fingerprint density at radius 1 is 1.48 bits per heavy atom. The van der Waals surface area contributed by atoms with Crippen molar-refractivity contribution in [1.82, 2.24) is 20.0 Å². The number of anilines is 1. The summed E-state index contributed by atoms with van der Waals surface area (Å²) in [5, 5.41) is 15.3. The van der Waals surface area contributed by atoms with E-state index in [1.807, 2.05) is 7.05 Å². The van der Waals surface area contributed by atoms with Crippen molar-refractivity contribution in [2.75, 3.05) is 30.2 Å². The average molecular weight is 373 g/mol. The van der Waals surface area contributed by atoms with Gasteiger partial charge in [0.15, 0.2) is 0 Å². The molecule has 0 aromatic carbocycles. The van der Waals surface area contributed by atoms with E-state index in [1.54, 1.807) is 31.8 Å². The van der Waals surface area contributed by atoms with Crippen LogP contribution in [0, 0.1) is 0 Å². The highest BCUT2D eigenvalue weighted by Gasteiger charge is 2.37. The van der Waals surface area contributed by atoms with Crippen LogP contribution in [0.2, 0.25) is 0 Å². The van der Waals surface area contributed by atoms with Crippen LogP contribution in [0.15, 0.2) is 12.4 Å². The van der Waals surface area contributed by atoms with Crippen molar-refractivity contribution in [2.45, 2.75) is 38.3 Å². The van der Waals surface area contributed by atoms with Crippen molar-refractivity contribution >= 4 is 21.8 Å². The Kier molecular flexibility index (Phi) is 5.62. The molecule has 0 bridgehead atoms. The number of rotatable bonds is 6. The Hall–Kier alpha value is -1.81. The van der Waals surface area contributed by atoms with Gasteiger partial charge in [-0.15, -0.1) is 0 Å². The quantitative estimate of drug-likeness (QED) is 0.760. The van der Waals surface area contributed by atoms with Gasteiger partial charge in [0.05, 0.1) is 29.2 Å². The number of sulfonamides is 1. The summed E-state index contributed by atoms with van der Waals surface area (Å²) in [5.74, 6) is -0.332. The molecule has 25 heavy (non-hydrogen) atoms. The maximum absolute atomic E-state index is 13.2. The summed E-state index contributed by atoms with van der Waals surface area (Å²) < 4.78 is 29.3. The Bertz CT molecular complexity index is 715. The first-order valence-electron chi connectivity index (χ1n) is 8.20. The van der Waals surface area contributed by atoms with E-state index in [1.165, 1.54) is 10.5 Å². The molecule has 1 aromatic rings. The SMILES string of the molecule is CN1CCC[C@@H](N(c2cnn(C)c2)S(=O)(=O)CC(C)(C)NC(=O)O)C1. The minimum absolute atomic E-state index is 0.200. The van der Waals surface area contributed by atoms with Gasteiger partial charge in [-0.1, -0.05) is 0 Å². The van der Waals surface area contributed by atoms with Crippen molar-refractivity contribution < 1.29 is 18.3 Å². The van der Waals surface area contributed by atoms with Crippen molar-refractivity contribution in [3.05, 3.63) is 12.4 Å². The second-order valence-corrected chi connectivity index (χ2v) is 9.14. The fraction of sp³-hybridized carbons (Fsp3) is 0.733. The van der Waals surface area contributed by atoms with Gasteiger partial charge in [0.25, 0.3) is 0 Å². The number of aromatic nitrogens is 2. The first-order chi connectivity index (χ1) is 11.5. The predicted molar refractivity (Wildman–Crippen MR) is 95.2 cm³/mol. The molecule has 0 aliphatic carbocycles. The Morgan fingerprint density at radius 3 is 2.68 bits per heavy atom. The molecular weight excluding hydrogens is 346 g/mol. The van der Waals surface area contributed by atoms with E-state index in [2.05, 4.69) is 15.3 Å². The van der Waals surface area contributed by atoms with Crippen LogP contribution in [0.5, 0.6) is 0 Å². The van der Waals surface area contributed by atoms with Crippen LogP contribution in [0.3, 0.4) is 0 Å². The summed E-state index contributed by atoms with van der Waals surface area (Å²) in [6.07, 6.45) is 3.62. The second kappa shape index (κ2) is 7.20. The maximum Gasteiger partial charge on any atom is 0.405 e. The molecule has 1 amide bonds. The highest BCUT2D eigenvalue weighted by molar-refractivity contribution is 7.92. The number of piperidine rings is 1. The Labute approximate surface area is 148 Å². The highest BCUT2D eigenvalue weighted by atomic mass is 32.2. The van der Waals surface area contributed by atoms with Gasteiger partial charge < -0.3 is 15.3 Å². The molecule has 1 fully saturated rings. The molecule has 9 nitrogen and oxygen atoms in total. The van der Waals surface area contributed by atoms with Crippen LogP contribution in [-0.4, -0.2) is 71.8 Å². The zero-order valence-corrected chi connectivity index (χ0v) is 16.0. The molecule has 0 radical (unpaired) electrons. The number of likely N-dealkylation sites (tertiary alicyclic amines) is 1. The number of likely N-dealkylation sites (N-methyl/N-ethyl adjacent to an activating group) is 1. The van der Waals surface area contributed by atoms with Crippen LogP contribution in [0.25, 0.3) is 0 Å². The van der Waals surface area contributed by atoms with Gasteiger partial charge in [-0.3, -0.25) is 8.99 Å². The smallest absolute Gasteiger partial charge is 0.405 e. The van der Waals surface area contributed by atoms with Crippen molar-refractivity contribution in [1.29, 1.82) is 0 Å². The number of carbonyl (C=O) groups is 1. The van der Waals surface area contributed by atoms with Crippen LogP contribution < -0.4 is 9.62 Å². The van der Waals surface area contributed by atoms with E-state index in [9.17, 15) is 13.2 Å². The summed E-state index contributed by atoms with van der Waals surface area (Å²) in [7, 11) is -0.0592. The van der Waals surface area contributed by atoms with Gasteiger partial charge in [0, 0.05) is 19.8 Å². The molecule has 0 spiro atoms. The predicted octanol–water partition coefficient (Wildman–Crippen LogP) is 0.697. The molecule has 0 unspecified atom stereocenters. The maximum atomic E-state index is 13.2. The Balaban J connectivity index is 2.35. The van der Waals surface area contributed by atoms with Gasteiger partial charge in [-0.05, 0) is 40.3 Å². The van der Waals surface area contributed by atoms with E-state index in [0.29, 0.717) is 12.2 Å². The van der Waals surface area contributed by atoms with Crippen molar-refractivity contribution in [3.8, 4) is 0 Å². The molecule has 142 valence electrons. The highest BCUT2D eigenvalue weighted by Crippen LogP contribution is 2.27. The molecule has 1 saturated heterocycles. The lowest BCUT2D eigenvalue weighted by molar-refractivity contribution is 0.184. The van der Waals surface area contributed by atoms with E-state index in [4.69, 9.17) is 5.11 Å². The van der Waals surface area contributed by atoms with E-state index in [0.717, 1.165) is 19.4 Å². The number of nitrogens with zero attached hydrogens (tertiary/aromatic N) is 4. The normalized spacial score (nSPS) is 19.6. The summed E-state index contributed by atoms with van der Waals surface area (Å²) in [5.41, 5.74) is -0.597. The van der Waals surface area contributed by atoms with Gasteiger partial charge >= 0.3 is 6.09 Å². The van der Waals surface area contributed by atoms with Crippen LogP contribution in [-0.2, 0) is 17.1 Å². The summed E-state index contributed by atoms with van der Waals surface area (Å²) in [6, 6.07) is -0.200. The minimum Gasteiger partial charge on any atom is -0.465 e. The first kappa shape index (κ1) is 19.5. The zero-order chi connectivity index (χ0) is 18.8. The molecule has 0 saturated carbocycles. The van der Waals surface area contributed by atoms with E-state index < -0.39 is 21.7 Å². The van der Waals surface area contributed by atoms with Crippen LogP contribution in [0.4, 0.5) is 10.5 Å². The molecule has 2 rings (SSSR count). The number of aryl methyl sites for hydroxylation is 1. The lowest BCUT2D eigenvalue weighted by atomic mass is 10.1. The molecule has 1 aromatic heterocycles. The first-order valence-corrected chi connectivity index (χ1v) is 9.81. The monoisotopic (exact) mass is 373 g/mol. The van der Waals surface area contributed by atoms with Gasteiger partial charge in [-0.2, -0.15) is 5.10 Å². The molecule has 1 aliphatic heterocycles. The standard InChI is InChI=1S/C15H27N5O4S/c1-15(2,17-14(21)22)11-25(23,24)20(13-8-16-19(4)10-13)12-6-5-7-18(3)9-12/h8,10,12,17H,5-7,9,11H2,1-4H3,(H,21,22)/t12-/m1/s1. The lowest BCUT2D eigenvalue weighted by Crippen LogP contribution is -2.55. The summed E-state index contributed by atoms with van der Waals surface area (Å²) in [4.78, 5) is 13.1. The number of amides is 1. The van der Waals surface area contributed by atoms with Crippen LogP contribution >= 0.6 is 0 Å². The molecule has 10 heteroatoms. The van der Waals surface area contributed by atoms with Crippen molar-refractivity contribution in [2.24, 2.45) is 7.05 Å². The summed E-state index contributed by atoms with van der Waals surface area (Å²) >= 11 is 0. The molecule has 2 heterocycles. The third kappa shape index (κ3) is 5.08. The number of carboxylic acid groups (broad SMARTS) is 1. The molecule has 1 aliphatic rings. The summed E-state index contributed by atoms with van der Waals surface area (Å²) in [6.45, 7) is 4.69. The average Bonchev–Trinajstić information content (AvgIpc) is 2.81. The fourth-order valence-electron chi connectivity index (χ4n) is 3.30. The molecule has 2 N–H and O–H groups in total. The van der Waals surface area contributed by atoms with Gasteiger partial charge in [0.1, 0.15) is 0 Å². The largest absolute Gasteiger partial charge is 0.465 e. The Morgan fingerprint density at radius 2 is 2.16 bits per heavy atom. The topological polar surface area (TPSA) is 108 Å². The fourth-order valence-corrected chi connectivity index (χ4v) is 5.47. The minimum atomic E-state index is -3.76. The van der Waals surface area contributed by atoms with Crippen LogP contribution in [0.1, 0.15) is 26.7 Å². The zero-order valence-electron chi connectivity index (χ0n) is 15.1. The van der Waals surface area contributed by atoms with Gasteiger partial charge in [-0.25, -0.2) is 13.2 Å². The third-order valence-corrected chi connectivity index (χ3v) is 6.36. The van der Waals surface area contributed by atoms with Gasteiger partial charge in [0.2, 0.25) is 10.0 Å². The van der Waals surface area contributed by atoms with E-state index >= 15 is 0 Å².